The van der Waals surface area contributed by atoms with Crippen LogP contribution in [0.1, 0.15) is 0 Å². The minimum Gasteiger partial charge on any atom is -0.491 e. The summed E-state index contributed by atoms with van der Waals surface area (Å²) in [4.78, 5) is 33.7. The highest BCUT2D eigenvalue weighted by Gasteiger charge is 2.20. The molecule has 11 nitrogen and oxygen atoms in total. The second kappa shape index (κ2) is 9.98. The maximum atomic E-state index is 12.6. The molecule has 0 saturated carbocycles. The summed E-state index contributed by atoms with van der Waals surface area (Å²) in [6.45, 7) is 4.63. The van der Waals surface area contributed by atoms with Gasteiger partial charge in [0.2, 0.25) is 5.95 Å². The van der Waals surface area contributed by atoms with Gasteiger partial charge in [-0.25, -0.2) is 4.79 Å². The summed E-state index contributed by atoms with van der Waals surface area (Å²) in [5.41, 5.74) is -0.614. The topological polar surface area (TPSA) is 127 Å². The Morgan fingerprint density at radius 1 is 1.25 bits per heavy atom. The van der Waals surface area contributed by atoms with Gasteiger partial charge >= 0.3 is 5.69 Å². The molecule has 3 N–H and O–H groups in total. The van der Waals surface area contributed by atoms with E-state index in [2.05, 4.69) is 20.2 Å². The van der Waals surface area contributed by atoms with Crippen molar-refractivity contribution in [3.8, 4) is 5.75 Å². The Kier molecular flexibility index (Phi) is 6.88. The van der Waals surface area contributed by atoms with Gasteiger partial charge in [0.15, 0.2) is 11.2 Å². The van der Waals surface area contributed by atoms with Crippen LogP contribution in [-0.2, 0) is 18.3 Å². The molecule has 0 radical (unpaired) electrons. The number of H-pyrrole nitrogens is 1. The number of imidazole rings is 1. The number of nitrogens with zero attached hydrogens (tertiary/aromatic N) is 4. The number of ether oxygens (including phenoxy) is 2. The van der Waals surface area contributed by atoms with Crippen LogP contribution in [0.4, 0.5) is 5.95 Å². The Balaban J connectivity index is 1.53. The molecule has 2 aromatic heterocycles. The number of aryl methyl sites for hydroxylation is 1. The van der Waals surface area contributed by atoms with E-state index in [1.807, 2.05) is 18.2 Å². The molecule has 1 fully saturated rings. The number of para-hydroxylation sites is 1. The Labute approximate surface area is 184 Å². The lowest BCUT2D eigenvalue weighted by Gasteiger charge is -2.26. The van der Waals surface area contributed by atoms with E-state index >= 15 is 0 Å². The summed E-state index contributed by atoms with van der Waals surface area (Å²) in [7, 11) is 1.55. The van der Waals surface area contributed by atoms with Crippen LogP contribution >= 0.6 is 0 Å². The van der Waals surface area contributed by atoms with Crippen LogP contribution in [0, 0.1) is 0 Å². The molecule has 1 aromatic carbocycles. The Hall–Kier alpha value is -3.15. The number of aliphatic hydroxyl groups excluding tert-OH is 1. The molecule has 172 valence electrons. The predicted octanol–water partition coefficient (Wildman–Crippen LogP) is -0.393. The molecule has 4 rings (SSSR count). The minimum absolute atomic E-state index is 0.0422. The zero-order chi connectivity index (χ0) is 22.5. The van der Waals surface area contributed by atoms with Crippen LogP contribution in [-0.4, -0.2) is 81.2 Å². The molecule has 1 saturated heterocycles. The maximum Gasteiger partial charge on any atom is 0.329 e. The Bertz CT molecular complexity index is 1150. The van der Waals surface area contributed by atoms with Gasteiger partial charge in [0.25, 0.3) is 5.56 Å². The third-order valence-corrected chi connectivity index (χ3v) is 5.40. The van der Waals surface area contributed by atoms with Crippen LogP contribution in [0.25, 0.3) is 11.2 Å². The number of aliphatic hydroxyl groups is 1. The van der Waals surface area contributed by atoms with E-state index in [1.165, 1.54) is 4.57 Å². The van der Waals surface area contributed by atoms with Crippen molar-refractivity contribution in [3.05, 3.63) is 51.2 Å². The van der Waals surface area contributed by atoms with E-state index in [1.54, 1.807) is 23.7 Å². The first-order chi connectivity index (χ1) is 15.5. The first-order valence-electron chi connectivity index (χ1n) is 10.6. The molecule has 0 spiro atoms. The fraction of sp³-hybridized carbons (Fsp3) is 0.476. The fourth-order valence-corrected chi connectivity index (χ4v) is 3.67. The molecular weight excluding hydrogens is 416 g/mol. The van der Waals surface area contributed by atoms with Gasteiger partial charge in [0.05, 0.1) is 19.8 Å². The molecule has 1 aliphatic rings. The third-order valence-electron chi connectivity index (χ3n) is 5.40. The van der Waals surface area contributed by atoms with Crippen molar-refractivity contribution < 1.29 is 14.6 Å². The summed E-state index contributed by atoms with van der Waals surface area (Å²) in [6.07, 6.45) is -0.899. The zero-order valence-electron chi connectivity index (χ0n) is 18.0. The van der Waals surface area contributed by atoms with Crippen LogP contribution in [0.5, 0.6) is 5.75 Å². The zero-order valence-corrected chi connectivity index (χ0v) is 18.0. The summed E-state index contributed by atoms with van der Waals surface area (Å²) < 4.78 is 13.9. The van der Waals surface area contributed by atoms with Crippen molar-refractivity contribution in [2.24, 2.45) is 7.05 Å². The number of rotatable bonds is 9. The fourth-order valence-electron chi connectivity index (χ4n) is 3.67. The van der Waals surface area contributed by atoms with E-state index in [0.29, 0.717) is 31.5 Å². The van der Waals surface area contributed by atoms with Gasteiger partial charge in [-0.2, -0.15) is 4.98 Å². The smallest absolute Gasteiger partial charge is 0.329 e. The summed E-state index contributed by atoms with van der Waals surface area (Å²) in [6, 6.07) is 9.19. The number of anilines is 1. The van der Waals surface area contributed by atoms with Crippen molar-refractivity contribution in [3.63, 3.8) is 0 Å². The van der Waals surface area contributed by atoms with E-state index < -0.39 is 17.4 Å². The molecule has 3 heterocycles. The molecule has 0 amide bonds. The second-order valence-corrected chi connectivity index (χ2v) is 7.70. The lowest BCUT2D eigenvalue weighted by Crippen LogP contribution is -2.39. The third kappa shape index (κ3) is 5.01. The van der Waals surface area contributed by atoms with Gasteiger partial charge in [0.1, 0.15) is 18.5 Å². The van der Waals surface area contributed by atoms with Gasteiger partial charge in [-0.3, -0.25) is 19.2 Å². The van der Waals surface area contributed by atoms with Gasteiger partial charge in [0, 0.05) is 33.2 Å². The Morgan fingerprint density at radius 3 is 2.75 bits per heavy atom. The van der Waals surface area contributed by atoms with Crippen molar-refractivity contribution in [1.29, 1.82) is 0 Å². The number of hydrogen-bond acceptors (Lipinski definition) is 8. The molecular formula is C21H28N6O5. The van der Waals surface area contributed by atoms with Crippen LogP contribution in [0.2, 0.25) is 0 Å². The summed E-state index contributed by atoms with van der Waals surface area (Å²) in [5.74, 6) is 1.06. The SMILES string of the molecule is Cn1c(=O)[nH]c(=O)c2c1nc(NCCN1CCOCC1)n2C[C@@H](O)COc1ccccc1. The number of aromatic nitrogens is 4. The van der Waals surface area contributed by atoms with Gasteiger partial charge < -0.3 is 24.5 Å². The first kappa shape index (κ1) is 22.1. The minimum atomic E-state index is -0.899. The van der Waals surface area contributed by atoms with Crippen LogP contribution in [0.3, 0.4) is 0 Å². The van der Waals surface area contributed by atoms with Crippen molar-refractivity contribution >= 4 is 17.1 Å². The molecule has 1 aliphatic heterocycles. The van der Waals surface area contributed by atoms with Crippen LogP contribution in [0.15, 0.2) is 39.9 Å². The van der Waals surface area contributed by atoms with Gasteiger partial charge in [-0.1, -0.05) is 18.2 Å². The maximum absolute atomic E-state index is 12.6. The standard InChI is InChI=1S/C21H28N6O5/c1-25-18-17(19(29)24-21(25)30)27(13-15(28)14-32-16-5-3-2-4-6-16)20(23-18)22-7-8-26-9-11-31-12-10-26/h2-6,15,28H,7-14H2,1H3,(H,22,23)(H,24,29,30)/t15-/m1/s1. The predicted molar refractivity (Wildman–Crippen MR) is 119 cm³/mol. The summed E-state index contributed by atoms with van der Waals surface area (Å²) in [5, 5.41) is 13.9. The number of benzene rings is 1. The molecule has 0 aliphatic carbocycles. The number of aromatic amines is 1. The van der Waals surface area contributed by atoms with Crippen LogP contribution < -0.4 is 21.3 Å². The molecule has 1 atom stereocenters. The number of nitrogens with one attached hydrogen (secondary N) is 2. The molecule has 0 unspecified atom stereocenters. The monoisotopic (exact) mass is 444 g/mol. The number of hydrogen-bond donors (Lipinski definition) is 3. The highest BCUT2D eigenvalue weighted by atomic mass is 16.5. The molecule has 3 aromatic rings. The molecule has 32 heavy (non-hydrogen) atoms. The normalized spacial score (nSPS) is 15.7. The van der Waals surface area contributed by atoms with Gasteiger partial charge in [-0.05, 0) is 12.1 Å². The average molecular weight is 444 g/mol. The van der Waals surface area contributed by atoms with E-state index in [9.17, 15) is 14.7 Å². The lowest BCUT2D eigenvalue weighted by atomic mass is 10.3. The average Bonchev–Trinajstić information content (AvgIpc) is 3.16. The second-order valence-electron chi connectivity index (χ2n) is 7.70. The van der Waals surface area contributed by atoms with E-state index in [-0.39, 0.29) is 24.3 Å². The lowest BCUT2D eigenvalue weighted by molar-refractivity contribution is 0.0398. The van der Waals surface area contributed by atoms with E-state index in [0.717, 1.165) is 19.6 Å². The summed E-state index contributed by atoms with van der Waals surface area (Å²) >= 11 is 0. The quantitative estimate of drug-likeness (QED) is 0.407. The molecule has 0 bridgehead atoms. The van der Waals surface area contributed by atoms with Crippen molar-refractivity contribution in [2.75, 3.05) is 51.3 Å². The first-order valence-corrected chi connectivity index (χ1v) is 10.6. The Morgan fingerprint density at radius 2 is 2.00 bits per heavy atom. The largest absolute Gasteiger partial charge is 0.491 e. The van der Waals surface area contributed by atoms with Crippen molar-refractivity contribution in [2.45, 2.75) is 12.6 Å². The molecule has 11 heteroatoms. The van der Waals surface area contributed by atoms with Gasteiger partial charge in [-0.15, -0.1) is 0 Å². The van der Waals surface area contributed by atoms with E-state index in [4.69, 9.17) is 9.47 Å². The number of morpholine rings is 1. The number of fused-ring (bicyclic) bond motifs is 1. The van der Waals surface area contributed by atoms with Crippen molar-refractivity contribution in [1.82, 2.24) is 24.0 Å². The highest BCUT2D eigenvalue weighted by molar-refractivity contribution is 5.74. The highest BCUT2D eigenvalue weighted by Crippen LogP contribution is 2.17.